The molecule has 2 aromatic heterocycles. The Bertz CT molecular complexity index is 1270. The van der Waals surface area contributed by atoms with E-state index >= 15 is 0 Å². The lowest BCUT2D eigenvalue weighted by Crippen LogP contribution is -2.38. The first-order valence-corrected chi connectivity index (χ1v) is 11.1. The zero-order valence-electron chi connectivity index (χ0n) is 17.3. The van der Waals surface area contributed by atoms with E-state index in [-0.39, 0.29) is 24.4 Å². The molecular formula is C22H19Cl2N5O4. The normalized spacial score (nSPS) is 14.5. The van der Waals surface area contributed by atoms with E-state index in [1.807, 2.05) is 4.90 Å². The van der Waals surface area contributed by atoms with Crippen molar-refractivity contribution in [2.75, 3.05) is 23.3 Å². The van der Waals surface area contributed by atoms with Crippen LogP contribution in [-0.2, 0) is 11.4 Å². The van der Waals surface area contributed by atoms with Gasteiger partial charge in [-0.25, -0.2) is 0 Å². The van der Waals surface area contributed by atoms with Gasteiger partial charge < -0.3 is 18.5 Å². The van der Waals surface area contributed by atoms with Crippen LogP contribution >= 0.6 is 23.2 Å². The van der Waals surface area contributed by atoms with Gasteiger partial charge in [-0.15, -0.1) is 5.10 Å². The van der Waals surface area contributed by atoms with Gasteiger partial charge in [0.15, 0.2) is 12.2 Å². The van der Waals surface area contributed by atoms with E-state index in [1.54, 1.807) is 42.5 Å². The minimum absolute atomic E-state index is 0.130. The molecule has 1 N–H and O–H groups in total. The quantitative estimate of drug-likeness (QED) is 0.406. The lowest BCUT2D eigenvalue weighted by atomic mass is 9.96. The van der Waals surface area contributed by atoms with Gasteiger partial charge in [0, 0.05) is 29.1 Å². The fourth-order valence-electron chi connectivity index (χ4n) is 3.60. The fourth-order valence-corrected chi connectivity index (χ4v) is 3.89. The molecule has 0 aliphatic carbocycles. The van der Waals surface area contributed by atoms with Gasteiger partial charge in [-0.1, -0.05) is 28.3 Å². The van der Waals surface area contributed by atoms with Crippen LogP contribution in [0.4, 0.5) is 12.0 Å². The molecule has 0 unspecified atom stereocenters. The highest BCUT2D eigenvalue weighted by Crippen LogP contribution is 2.26. The Morgan fingerprint density at radius 1 is 1.06 bits per heavy atom. The van der Waals surface area contributed by atoms with Gasteiger partial charge in [0.2, 0.25) is 5.91 Å². The van der Waals surface area contributed by atoms with Crippen molar-refractivity contribution in [3.05, 3.63) is 58.4 Å². The second-order valence-corrected chi connectivity index (χ2v) is 8.48. The number of nitrogens with one attached hydrogen (secondary N) is 1. The number of carbonyl (C=O) groups is 1. The van der Waals surface area contributed by atoms with Crippen molar-refractivity contribution in [2.45, 2.75) is 19.4 Å². The summed E-state index contributed by atoms with van der Waals surface area (Å²) >= 11 is 11.8. The van der Waals surface area contributed by atoms with Crippen molar-refractivity contribution >= 4 is 52.2 Å². The number of rotatable bonds is 6. The molecular weight excluding hydrogens is 469 g/mol. The number of anilines is 2. The zero-order chi connectivity index (χ0) is 22.8. The van der Waals surface area contributed by atoms with Crippen molar-refractivity contribution in [3.8, 4) is 5.75 Å². The first-order valence-electron chi connectivity index (χ1n) is 10.4. The molecule has 1 aliphatic rings. The Labute approximate surface area is 198 Å². The maximum atomic E-state index is 12.7. The van der Waals surface area contributed by atoms with Gasteiger partial charge in [-0.05, 0) is 55.3 Å². The molecule has 1 amide bonds. The SMILES string of the molecule is O=C(Nc1nc2cc(Cl)ccc2o1)C1CCN(c2nnc(COc3ccc(Cl)cc3)o2)CC1. The van der Waals surface area contributed by atoms with Crippen LogP contribution in [0.5, 0.6) is 5.75 Å². The summed E-state index contributed by atoms with van der Waals surface area (Å²) in [6.45, 7) is 1.38. The average Bonchev–Trinajstić information content (AvgIpc) is 3.45. The summed E-state index contributed by atoms with van der Waals surface area (Å²) in [6.07, 6.45) is 1.27. The summed E-state index contributed by atoms with van der Waals surface area (Å²) in [6, 6.07) is 12.7. The number of aromatic nitrogens is 3. The molecule has 1 fully saturated rings. The lowest BCUT2D eigenvalue weighted by Gasteiger charge is -2.29. The monoisotopic (exact) mass is 487 g/mol. The van der Waals surface area contributed by atoms with Gasteiger partial charge in [0.25, 0.3) is 5.89 Å². The van der Waals surface area contributed by atoms with E-state index in [4.69, 9.17) is 36.8 Å². The molecule has 1 aliphatic heterocycles. The van der Waals surface area contributed by atoms with E-state index in [9.17, 15) is 4.79 Å². The number of ether oxygens (including phenoxy) is 1. The molecule has 170 valence electrons. The van der Waals surface area contributed by atoms with Crippen LogP contribution in [0.25, 0.3) is 11.1 Å². The predicted molar refractivity (Wildman–Crippen MR) is 123 cm³/mol. The Kier molecular flexibility index (Phi) is 6.06. The number of hydrogen-bond acceptors (Lipinski definition) is 8. The van der Waals surface area contributed by atoms with Gasteiger partial charge in [0.1, 0.15) is 11.3 Å². The van der Waals surface area contributed by atoms with Gasteiger partial charge >= 0.3 is 12.0 Å². The van der Waals surface area contributed by atoms with Crippen LogP contribution in [0.15, 0.2) is 51.3 Å². The highest BCUT2D eigenvalue weighted by Gasteiger charge is 2.28. The Morgan fingerprint density at radius 3 is 2.61 bits per heavy atom. The number of amides is 1. The molecule has 0 atom stereocenters. The summed E-state index contributed by atoms with van der Waals surface area (Å²) in [5.41, 5.74) is 1.16. The topological polar surface area (TPSA) is 107 Å². The summed E-state index contributed by atoms with van der Waals surface area (Å²) < 4.78 is 16.9. The molecule has 0 spiro atoms. The minimum atomic E-state index is -0.171. The molecule has 1 saturated heterocycles. The minimum Gasteiger partial charge on any atom is -0.484 e. The maximum Gasteiger partial charge on any atom is 0.318 e. The smallest absolute Gasteiger partial charge is 0.318 e. The molecule has 3 heterocycles. The number of carbonyl (C=O) groups excluding carboxylic acids is 1. The maximum absolute atomic E-state index is 12.7. The van der Waals surface area contributed by atoms with Gasteiger partial charge in [0.05, 0.1) is 0 Å². The van der Waals surface area contributed by atoms with E-state index < -0.39 is 0 Å². The number of benzene rings is 2. The van der Waals surface area contributed by atoms with Crippen LogP contribution in [0.2, 0.25) is 10.0 Å². The zero-order valence-corrected chi connectivity index (χ0v) is 18.8. The van der Waals surface area contributed by atoms with E-state index in [0.717, 1.165) is 0 Å². The van der Waals surface area contributed by atoms with Crippen molar-refractivity contribution < 1.29 is 18.4 Å². The molecule has 0 bridgehead atoms. The highest BCUT2D eigenvalue weighted by atomic mass is 35.5. The van der Waals surface area contributed by atoms with E-state index in [0.29, 0.717) is 64.7 Å². The first kappa shape index (κ1) is 21.5. The van der Waals surface area contributed by atoms with Gasteiger partial charge in [-0.3, -0.25) is 10.1 Å². The van der Waals surface area contributed by atoms with Crippen molar-refractivity contribution in [3.63, 3.8) is 0 Å². The van der Waals surface area contributed by atoms with Crippen LogP contribution in [-0.4, -0.2) is 34.2 Å². The van der Waals surface area contributed by atoms with Crippen molar-refractivity contribution in [1.82, 2.24) is 15.2 Å². The third-order valence-corrected chi connectivity index (χ3v) is 5.84. The second kappa shape index (κ2) is 9.29. The number of fused-ring (bicyclic) bond motifs is 1. The van der Waals surface area contributed by atoms with Crippen molar-refractivity contribution in [2.24, 2.45) is 5.92 Å². The van der Waals surface area contributed by atoms with E-state index in [1.165, 1.54) is 0 Å². The van der Waals surface area contributed by atoms with Crippen LogP contribution in [0, 0.1) is 5.92 Å². The molecule has 2 aromatic carbocycles. The first-order chi connectivity index (χ1) is 16.0. The van der Waals surface area contributed by atoms with Gasteiger partial charge in [-0.2, -0.15) is 4.98 Å². The van der Waals surface area contributed by atoms with Crippen LogP contribution in [0.1, 0.15) is 18.7 Å². The third kappa shape index (κ3) is 5.04. The molecule has 9 nitrogen and oxygen atoms in total. The number of halogens is 2. The van der Waals surface area contributed by atoms with Crippen molar-refractivity contribution in [1.29, 1.82) is 0 Å². The molecule has 33 heavy (non-hydrogen) atoms. The summed E-state index contributed by atoms with van der Waals surface area (Å²) in [4.78, 5) is 18.9. The Morgan fingerprint density at radius 2 is 1.82 bits per heavy atom. The highest BCUT2D eigenvalue weighted by molar-refractivity contribution is 6.31. The molecule has 5 rings (SSSR count). The number of piperidine rings is 1. The summed E-state index contributed by atoms with van der Waals surface area (Å²) in [5.74, 6) is 0.731. The number of nitrogens with zero attached hydrogens (tertiary/aromatic N) is 4. The summed E-state index contributed by atoms with van der Waals surface area (Å²) in [5, 5.41) is 12.1. The molecule has 4 aromatic rings. The predicted octanol–water partition coefficient (Wildman–Crippen LogP) is 4.95. The van der Waals surface area contributed by atoms with Crippen LogP contribution in [0.3, 0.4) is 0 Å². The largest absolute Gasteiger partial charge is 0.484 e. The number of oxazole rings is 1. The third-order valence-electron chi connectivity index (χ3n) is 5.35. The fraction of sp³-hybridized carbons (Fsp3) is 0.273. The average molecular weight is 488 g/mol. The second-order valence-electron chi connectivity index (χ2n) is 7.60. The summed E-state index contributed by atoms with van der Waals surface area (Å²) in [7, 11) is 0. The number of hydrogen-bond donors (Lipinski definition) is 1. The van der Waals surface area contributed by atoms with Crippen LogP contribution < -0.4 is 15.0 Å². The van der Waals surface area contributed by atoms with E-state index in [2.05, 4.69) is 20.5 Å². The Hall–Kier alpha value is -3.30. The molecule has 0 radical (unpaired) electrons. The Balaban J connectivity index is 1.13. The lowest BCUT2D eigenvalue weighted by molar-refractivity contribution is -0.120. The molecule has 11 heteroatoms. The standard InChI is InChI=1S/C22H19Cl2N5O4/c23-14-1-4-16(5-2-14)31-12-19-27-28-22(33-19)29-9-7-13(8-10-29)20(30)26-21-25-17-11-15(24)3-6-18(17)32-21/h1-6,11,13H,7-10,12H2,(H,25,26,30). The molecule has 0 saturated carbocycles.